The van der Waals surface area contributed by atoms with Gasteiger partial charge in [0.1, 0.15) is 5.75 Å². The molecule has 0 fully saturated rings. The van der Waals surface area contributed by atoms with Crippen LogP contribution >= 0.6 is 15.9 Å². The van der Waals surface area contributed by atoms with E-state index in [0.717, 1.165) is 16.6 Å². The molecule has 3 heteroatoms. The normalized spacial score (nSPS) is 12.1. The van der Waals surface area contributed by atoms with Crippen LogP contribution in [0.1, 0.15) is 17.9 Å². The highest BCUT2D eigenvalue weighted by Crippen LogP contribution is 2.26. The topological polar surface area (TPSA) is 35.2 Å². The smallest absolute Gasteiger partial charge is 0.119 e. The molecule has 0 heterocycles. The number of rotatable bonds is 6. The molecule has 100 valence electrons. The van der Waals surface area contributed by atoms with Gasteiger partial charge >= 0.3 is 0 Å². The summed E-state index contributed by atoms with van der Waals surface area (Å²) in [5, 5.41) is 0. The van der Waals surface area contributed by atoms with E-state index in [1.807, 2.05) is 42.5 Å². The average Bonchev–Trinajstić information content (AvgIpc) is 2.46. The van der Waals surface area contributed by atoms with E-state index >= 15 is 0 Å². The fourth-order valence-corrected chi connectivity index (χ4v) is 2.65. The molecule has 0 aliphatic carbocycles. The van der Waals surface area contributed by atoms with Crippen LogP contribution in [0.4, 0.5) is 0 Å². The molecule has 1 unspecified atom stereocenters. The predicted octanol–water partition coefficient (Wildman–Crippen LogP) is 3.96. The van der Waals surface area contributed by atoms with Crippen LogP contribution in [0.25, 0.3) is 0 Å². The molecule has 0 saturated carbocycles. The van der Waals surface area contributed by atoms with Crippen molar-refractivity contribution in [2.75, 3.05) is 13.2 Å². The van der Waals surface area contributed by atoms with Crippen LogP contribution in [0.2, 0.25) is 0 Å². The van der Waals surface area contributed by atoms with Crippen molar-refractivity contribution in [3.63, 3.8) is 0 Å². The van der Waals surface area contributed by atoms with Crippen molar-refractivity contribution < 1.29 is 4.74 Å². The monoisotopic (exact) mass is 319 g/mol. The highest BCUT2D eigenvalue weighted by molar-refractivity contribution is 9.10. The highest BCUT2D eigenvalue weighted by Gasteiger charge is 2.12. The Balaban J connectivity index is 1.92. The first-order chi connectivity index (χ1) is 9.31. The zero-order chi connectivity index (χ0) is 13.5. The maximum absolute atomic E-state index is 5.88. The largest absolute Gasteiger partial charge is 0.494 e. The predicted molar refractivity (Wildman–Crippen MR) is 82.5 cm³/mol. The molecular formula is C16H18BrNO. The van der Waals surface area contributed by atoms with Crippen molar-refractivity contribution >= 4 is 15.9 Å². The lowest BCUT2D eigenvalue weighted by Gasteiger charge is -2.17. The number of ether oxygens (including phenoxy) is 1. The van der Waals surface area contributed by atoms with E-state index in [1.54, 1.807) is 0 Å². The third kappa shape index (κ3) is 4.08. The molecule has 2 aromatic carbocycles. The molecule has 2 nitrogen and oxygen atoms in total. The minimum absolute atomic E-state index is 0.319. The lowest BCUT2D eigenvalue weighted by molar-refractivity contribution is 0.298. The standard InChI is InChI=1S/C16H18BrNO/c17-16-9-5-4-8-15(16)13(12-18)10-11-19-14-6-2-1-3-7-14/h1-9,13H,10-12,18H2. The molecule has 0 bridgehead atoms. The molecule has 2 N–H and O–H groups in total. The van der Waals surface area contributed by atoms with E-state index < -0.39 is 0 Å². The first-order valence-electron chi connectivity index (χ1n) is 6.43. The summed E-state index contributed by atoms with van der Waals surface area (Å²) < 4.78 is 6.84. The summed E-state index contributed by atoms with van der Waals surface area (Å²) in [5.74, 6) is 1.23. The van der Waals surface area contributed by atoms with E-state index in [-0.39, 0.29) is 0 Å². The quantitative estimate of drug-likeness (QED) is 0.874. The molecule has 0 aliphatic rings. The van der Waals surface area contributed by atoms with Gasteiger partial charge < -0.3 is 10.5 Å². The fraction of sp³-hybridized carbons (Fsp3) is 0.250. The molecule has 0 radical (unpaired) electrons. The summed E-state index contributed by atoms with van der Waals surface area (Å²) in [5.41, 5.74) is 7.13. The number of hydrogen-bond acceptors (Lipinski definition) is 2. The second-order valence-corrected chi connectivity index (χ2v) is 5.26. The van der Waals surface area contributed by atoms with Crippen LogP contribution < -0.4 is 10.5 Å². The Hall–Kier alpha value is -1.32. The van der Waals surface area contributed by atoms with E-state index in [4.69, 9.17) is 10.5 Å². The highest BCUT2D eigenvalue weighted by atomic mass is 79.9. The van der Waals surface area contributed by atoms with Gasteiger partial charge in [-0.3, -0.25) is 0 Å². The van der Waals surface area contributed by atoms with Gasteiger partial charge in [0.15, 0.2) is 0 Å². The van der Waals surface area contributed by atoms with Crippen LogP contribution in [0.15, 0.2) is 59.1 Å². The minimum atomic E-state index is 0.319. The Kier molecular flexibility index (Phi) is 5.43. The summed E-state index contributed by atoms with van der Waals surface area (Å²) in [6.45, 7) is 1.30. The molecular weight excluding hydrogens is 302 g/mol. The summed E-state index contributed by atoms with van der Waals surface area (Å²) in [4.78, 5) is 0. The van der Waals surface area contributed by atoms with Crippen molar-refractivity contribution in [1.82, 2.24) is 0 Å². The zero-order valence-corrected chi connectivity index (χ0v) is 12.3. The van der Waals surface area contributed by atoms with Crippen LogP contribution in [0.3, 0.4) is 0 Å². The lowest BCUT2D eigenvalue weighted by atomic mass is 9.96. The summed E-state index contributed by atoms with van der Waals surface area (Å²) in [7, 11) is 0. The Morgan fingerprint density at radius 1 is 1.00 bits per heavy atom. The van der Waals surface area contributed by atoms with Crippen molar-refractivity contribution in [3.05, 3.63) is 64.6 Å². The maximum Gasteiger partial charge on any atom is 0.119 e. The first kappa shape index (κ1) is 14.1. The number of halogens is 1. The number of nitrogens with two attached hydrogens (primary N) is 1. The van der Waals surface area contributed by atoms with Gasteiger partial charge in [0.05, 0.1) is 6.61 Å². The molecule has 0 aliphatic heterocycles. The third-order valence-corrected chi connectivity index (χ3v) is 3.83. The summed E-state index contributed by atoms with van der Waals surface area (Å²) >= 11 is 3.58. The molecule has 0 amide bonds. The van der Waals surface area contributed by atoms with Gasteiger partial charge in [-0.1, -0.05) is 52.3 Å². The van der Waals surface area contributed by atoms with Crippen LogP contribution in [0, 0.1) is 0 Å². The Morgan fingerprint density at radius 3 is 2.37 bits per heavy atom. The van der Waals surface area contributed by atoms with Crippen LogP contribution in [-0.4, -0.2) is 13.2 Å². The molecule has 0 saturated heterocycles. The zero-order valence-electron chi connectivity index (χ0n) is 10.8. The van der Waals surface area contributed by atoms with E-state index in [2.05, 4.69) is 28.1 Å². The fourth-order valence-electron chi connectivity index (χ4n) is 2.04. The maximum atomic E-state index is 5.88. The molecule has 1 atom stereocenters. The van der Waals surface area contributed by atoms with Gasteiger partial charge in [-0.15, -0.1) is 0 Å². The van der Waals surface area contributed by atoms with Crippen LogP contribution in [0.5, 0.6) is 5.75 Å². The van der Waals surface area contributed by atoms with Crippen molar-refractivity contribution in [3.8, 4) is 5.75 Å². The molecule has 2 rings (SSSR count). The van der Waals surface area contributed by atoms with Gasteiger partial charge in [0.2, 0.25) is 0 Å². The Morgan fingerprint density at radius 2 is 1.68 bits per heavy atom. The summed E-state index contributed by atoms with van der Waals surface area (Å²) in [6.07, 6.45) is 0.911. The Labute approximate surface area is 122 Å². The first-order valence-corrected chi connectivity index (χ1v) is 7.23. The van der Waals surface area contributed by atoms with E-state index in [0.29, 0.717) is 19.1 Å². The molecule has 0 spiro atoms. The van der Waals surface area contributed by atoms with E-state index in [9.17, 15) is 0 Å². The molecule has 2 aromatic rings. The van der Waals surface area contributed by atoms with Crippen molar-refractivity contribution in [2.24, 2.45) is 5.73 Å². The number of benzene rings is 2. The number of para-hydroxylation sites is 1. The van der Waals surface area contributed by atoms with Crippen molar-refractivity contribution in [1.29, 1.82) is 0 Å². The van der Waals surface area contributed by atoms with Gasteiger partial charge in [0, 0.05) is 10.4 Å². The number of hydrogen-bond donors (Lipinski definition) is 1. The van der Waals surface area contributed by atoms with Gasteiger partial charge in [-0.25, -0.2) is 0 Å². The Bertz CT molecular complexity index is 501. The second-order valence-electron chi connectivity index (χ2n) is 4.40. The second kappa shape index (κ2) is 7.31. The third-order valence-electron chi connectivity index (χ3n) is 3.11. The van der Waals surface area contributed by atoms with E-state index in [1.165, 1.54) is 5.56 Å². The van der Waals surface area contributed by atoms with Gasteiger partial charge in [-0.2, -0.15) is 0 Å². The lowest BCUT2D eigenvalue weighted by Crippen LogP contribution is -2.16. The SMILES string of the molecule is NCC(CCOc1ccccc1)c1ccccc1Br. The van der Waals surface area contributed by atoms with Crippen molar-refractivity contribution in [2.45, 2.75) is 12.3 Å². The molecule has 19 heavy (non-hydrogen) atoms. The van der Waals surface area contributed by atoms with Crippen LogP contribution in [-0.2, 0) is 0 Å². The summed E-state index contributed by atoms with van der Waals surface area (Å²) in [6, 6.07) is 18.1. The van der Waals surface area contributed by atoms with Gasteiger partial charge in [-0.05, 0) is 36.7 Å². The average molecular weight is 320 g/mol. The minimum Gasteiger partial charge on any atom is -0.494 e. The molecule has 0 aromatic heterocycles. The van der Waals surface area contributed by atoms with Gasteiger partial charge in [0.25, 0.3) is 0 Å².